The minimum absolute atomic E-state index is 0.0226. The molecule has 2 aromatic carbocycles. The highest BCUT2D eigenvalue weighted by Gasteiger charge is 2.34. The molecule has 2 atom stereocenters. The van der Waals surface area contributed by atoms with Crippen LogP contribution in [0, 0.1) is 25.7 Å². The lowest BCUT2D eigenvalue weighted by Gasteiger charge is -2.35. The van der Waals surface area contributed by atoms with Crippen molar-refractivity contribution >= 4 is 20.2 Å². The van der Waals surface area contributed by atoms with Gasteiger partial charge in [-0.25, -0.2) is 0 Å². The van der Waals surface area contributed by atoms with Gasteiger partial charge in [-0.1, -0.05) is 35.4 Å². The predicted octanol–water partition coefficient (Wildman–Crippen LogP) is 3.44. The normalized spacial score (nSPS) is 19.9. The molecule has 0 unspecified atom stereocenters. The maximum absolute atomic E-state index is 12.3. The summed E-state index contributed by atoms with van der Waals surface area (Å²) in [6.45, 7) is 3.80. The van der Waals surface area contributed by atoms with Crippen LogP contribution >= 0.6 is 0 Å². The van der Waals surface area contributed by atoms with E-state index in [1.165, 1.54) is 24.3 Å². The maximum Gasteiger partial charge on any atom is 0.296 e. The lowest BCUT2D eigenvalue weighted by atomic mass is 9.75. The van der Waals surface area contributed by atoms with E-state index in [1.54, 1.807) is 24.3 Å². The maximum atomic E-state index is 12.3. The Bertz CT molecular complexity index is 924. The average Bonchev–Trinajstić information content (AvgIpc) is 2.61. The molecule has 0 N–H and O–H groups in total. The van der Waals surface area contributed by atoms with Gasteiger partial charge in [0.1, 0.15) is 0 Å². The summed E-state index contributed by atoms with van der Waals surface area (Å²) in [6, 6.07) is 12.9. The minimum Gasteiger partial charge on any atom is -0.266 e. The summed E-state index contributed by atoms with van der Waals surface area (Å²) in [6.07, 6.45) is 1.56. The molecule has 152 valence electrons. The Labute approximate surface area is 166 Å². The molecule has 3 rings (SSSR count). The molecule has 1 saturated carbocycles. The lowest BCUT2D eigenvalue weighted by Crippen LogP contribution is -2.34. The molecule has 0 heterocycles. The van der Waals surface area contributed by atoms with Gasteiger partial charge < -0.3 is 0 Å². The lowest BCUT2D eigenvalue weighted by molar-refractivity contribution is 0.0670. The Morgan fingerprint density at radius 1 is 0.679 bits per heavy atom. The smallest absolute Gasteiger partial charge is 0.266 e. The van der Waals surface area contributed by atoms with Crippen LogP contribution in [0.1, 0.15) is 24.0 Å². The zero-order valence-corrected chi connectivity index (χ0v) is 17.5. The molecule has 0 saturated heterocycles. The number of benzene rings is 2. The third-order valence-electron chi connectivity index (χ3n) is 5.07. The summed E-state index contributed by atoms with van der Waals surface area (Å²) >= 11 is 0. The van der Waals surface area contributed by atoms with Gasteiger partial charge in [0.25, 0.3) is 20.2 Å². The first-order valence-corrected chi connectivity index (χ1v) is 11.9. The fourth-order valence-electron chi connectivity index (χ4n) is 2.98. The van der Waals surface area contributed by atoms with Crippen molar-refractivity contribution < 1.29 is 25.2 Å². The van der Waals surface area contributed by atoms with Crippen LogP contribution in [0.15, 0.2) is 58.3 Å². The summed E-state index contributed by atoms with van der Waals surface area (Å²) in [5.41, 5.74) is 1.93. The summed E-state index contributed by atoms with van der Waals surface area (Å²) in [5, 5.41) is 0. The molecule has 8 heteroatoms. The van der Waals surface area contributed by atoms with Crippen LogP contribution in [0.3, 0.4) is 0 Å². The Hall–Kier alpha value is -1.74. The van der Waals surface area contributed by atoms with Crippen molar-refractivity contribution in [2.45, 2.75) is 36.5 Å². The van der Waals surface area contributed by atoms with Crippen molar-refractivity contribution in [2.75, 3.05) is 13.2 Å². The molecule has 0 aromatic heterocycles. The van der Waals surface area contributed by atoms with Crippen molar-refractivity contribution in [1.82, 2.24) is 0 Å². The SMILES string of the molecule is Cc1ccc(S(=O)(=O)OC[C@@H]2CC[C@H]2COS(=O)(=O)c2ccc(C)cc2)cc1. The molecule has 0 aliphatic heterocycles. The minimum atomic E-state index is -3.82. The van der Waals surface area contributed by atoms with E-state index in [0.717, 1.165) is 24.0 Å². The van der Waals surface area contributed by atoms with Crippen LogP contribution in [0.4, 0.5) is 0 Å². The topological polar surface area (TPSA) is 86.7 Å². The van der Waals surface area contributed by atoms with E-state index in [4.69, 9.17) is 8.37 Å². The standard InChI is InChI=1S/C20H24O6S2/c1-15-3-9-19(10-4-15)27(21,22)25-13-17-7-8-18(17)14-26-28(23,24)20-11-5-16(2)6-12-20/h3-6,9-12,17-18H,7-8,13-14H2,1-2H3/t17-,18-/m0/s1. The van der Waals surface area contributed by atoms with Gasteiger partial charge in [0.05, 0.1) is 23.0 Å². The summed E-state index contributed by atoms with van der Waals surface area (Å²) < 4.78 is 59.5. The number of hydrogen-bond donors (Lipinski definition) is 0. The zero-order valence-electron chi connectivity index (χ0n) is 15.9. The second-order valence-corrected chi connectivity index (χ2v) is 10.4. The van der Waals surface area contributed by atoms with Gasteiger partial charge in [-0.2, -0.15) is 16.8 Å². The van der Waals surface area contributed by atoms with E-state index < -0.39 is 20.2 Å². The molecule has 6 nitrogen and oxygen atoms in total. The summed E-state index contributed by atoms with van der Waals surface area (Å²) in [4.78, 5) is 0.236. The highest BCUT2D eigenvalue weighted by Crippen LogP contribution is 2.36. The summed E-state index contributed by atoms with van der Waals surface area (Å²) in [7, 11) is -7.64. The van der Waals surface area contributed by atoms with Gasteiger partial charge in [0, 0.05) is 0 Å². The first-order chi connectivity index (χ1) is 13.2. The van der Waals surface area contributed by atoms with Crippen LogP contribution < -0.4 is 0 Å². The van der Waals surface area contributed by atoms with Gasteiger partial charge in [-0.05, 0) is 62.8 Å². The van der Waals surface area contributed by atoms with Crippen LogP contribution in [-0.2, 0) is 28.6 Å². The van der Waals surface area contributed by atoms with Crippen molar-refractivity contribution in [2.24, 2.45) is 11.8 Å². The monoisotopic (exact) mass is 424 g/mol. The molecule has 2 aromatic rings. The third kappa shape index (κ3) is 5.00. The van der Waals surface area contributed by atoms with Gasteiger partial charge in [0.2, 0.25) is 0 Å². The molecule has 1 aliphatic carbocycles. The Kier molecular flexibility index (Phi) is 6.24. The molecule has 1 fully saturated rings. The van der Waals surface area contributed by atoms with E-state index >= 15 is 0 Å². The largest absolute Gasteiger partial charge is 0.296 e. The highest BCUT2D eigenvalue weighted by atomic mass is 32.2. The van der Waals surface area contributed by atoms with E-state index in [0.29, 0.717) is 0 Å². The zero-order chi connectivity index (χ0) is 20.4. The predicted molar refractivity (Wildman–Crippen MR) is 105 cm³/mol. The third-order valence-corrected chi connectivity index (χ3v) is 7.66. The molecule has 0 spiro atoms. The van der Waals surface area contributed by atoms with E-state index in [-0.39, 0.29) is 34.8 Å². The van der Waals surface area contributed by atoms with E-state index in [1.807, 2.05) is 13.8 Å². The Morgan fingerprint density at radius 2 is 1.00 bits per heavy atom. The second-order valence-electron chi connectivity index (χ2n) is 7.20. The first kappa shape index (κ1) is 21.0. The quantitative estimate of drug-likeness (QED) is 0.604. The van der Waals surface area contributed by atoms with Crippen molar-refractivity contribution in [3.05, 3.63) is 59.7 Å². The number of aryl methyl sites for hydroxylation is 2. The molecule has 0 bridgehead atoms. The molecule has 28 heavy (non-hydrogen) atoms. The Balaban J connectivity index is 1.53. The molecule has 0 radical (unpaired) electrons. The molecular formula is C20H24O6S2. The van der Waals surface area contributed by atoms with Gasteiger partial charge in [-0.3, -0.25) is 8.37 Å². The van der Waals surface area contributed by atoms with E-state index in [2.05, 4.69) is 0 Å². The van der Waals surface area contributed by atoms with Gasteiger partial charge in [-0.15, -0.1) is 0 Å². The molecular weight excluding hydrogens is 400 g/mol. The fourth-order valence-corrected chi connectivity index (χ4v) is 4.90. The number of rotatable bonds is 8. The summed E-state index contributed by atoms with van der Waals surface area (Å²) in [5.74, 6) is -0.0955. The van der Waals surface area contributed by atoms with Crippen LogP contribution in [0.25, 0.3) is 0 Å². The first-order valence-electron chi connectivity index (χ1n) is 9.09. The fraction of sp³-hybridized carbons (Fsp3) is 0.400. The molecule has 1 aliphatic rings. The highest BCUT2D eigenvalue weighted by molar-refractivity contribution is 7.87. The van der Waals surface area contributed by atoms with E-state index in [9.17, 15) is 16.8 Å². The number of hydrogen-bond acceptors (Lipinski definition) is 6. The Morgan fingerprint density at radius 3 is 1.29 bits per heavy atom. The molecule has 0 amide bonds. The van der Waals surface area contributed by atoms with Crippen LogP contribution in [0.2, 0.25) is 0 Å². The van der Waals surface area contributed by atoms with Crippen LogP contribution in [0.5, 0.6) is 0 Å². The average molecular weight is 425 g/mol. The van der Waals surface area contributed by atoms with Gasteiger partial charge in [0.15, 0.2) is 0 Å². The van der Waals surface area contributed by atoms with Crippen molar-refractivity contribution in [1.29, 1.82) is 0 Å². The van der Waals surface area contributed by atoms with Crippen molar-refractivity contribution in [3.63, 3.8) is 0 Å². The van der Waals surface area contributed by atoms with Crippen molar-refractivity contribution in [3.8, 4) is 0 Å². The van der Waals surface area contributed by atoms with Gasteiger partial charge >= 0.3 is 0 Å². The van der Waals surface area contributed by atoms with Crippen LogP contribution in [-0.4, -0.2) is 30.0 Å². The second kappa shape index (κ2) is 8.32.